The minimum absolute atomic E-state index is 0.356. The Bertz CT molecular complexity index is 815. The van der Waals surface area contributed by atoms with Crippen LogP contribution >= 0.6 is 11.3 Å². The van der Waals surface area contributed by atoms with Crippen LogP contribution in [-0.2, 0) is 19.4 Å². The van der Waals surface area contributed by atoms with E-state index < -0.39 is 11.6 Å². The van der Waals surface area contributed by atoms with Crippen molar-refractivity contribution in [1.29, 1.82) is 0 Å². The molecule has 0 unspecified atom stereocenters. The average molecular weight is 422 g/mol. The molecular weight excluding hydrogens is 392 g/mol. The van der Waals surface area contributed by atoms with Gasteiger partial charge in [-0.25, -0.2) is 13.8 Å². The van der Waals surface area contributed by atoms with Crippen molar-refractivity contribution in [2.45, 2.75) is 45.2 Å². The molecule has 158 valence electrons. The molecule has 1 saturated heterocycles. The fourth-order valence-electron chi connectivity index (χ4n) is 3.43. The van der Waals surface area contributed by atoms with E-state index in [0.717, 1.165) is 61.8 Å². The maximum atomic E-state index is 13.4. The van der Waals surface area contributed by atoms with E-state index in [1.807, 2.05) is 6.20 Å². The number of benzene rings is 1. The minimum atomic E-state index is -0.795. The zero-order valence-corrected chi connectivity index (χ0v) is 17.9. The first kappa shape index (κ1) is 21.6. The summed E-state index contributed by atoms with van der Waals surface area (Å²) in [5.74, 6) is -0.759. The summed E-state index contributed by atoms with van der Waals surface area (Å²) in [5.41, 5.74) is 0.807. The normalized spacial score (nSPS) is 16.2. The first-order chi connectivity index (χ1) is 14.1. The van der Waals surface area contributed by atoms with E-state index in [4.69, 9.17) is 0 Å². The van der Waals surface area contributed by atoms with Gasteiger partial charge in [0, 0.05) is 56.8 Å². The highest BCUT2D eigenvalue weighted by molar-refractivity contribution is 7.11. The molecule has 1 aliphatic rings. The lowest BCUT2D eigenvalue weighted by atomic mass is 10.0. The fraction of sp³-hybridized carbons (Fsp3) is 0.524. The molecule has 3 rings (SSSR count). The van der Waals surface area contributed by atoms with Crippen LogP contribution in [0, 0.1) is 11.6 Å². The molecule has 29 heavy (non-hydrogen) atoms. The molecule has 2 heterocycles. The Morgan fingerprint density at radius 2 is 2.07 bits per heavy atom. The molecule has 0 radical (unpaired) electrons. The molecule has 0 saturated carbocycles. The number of thiazole rings is 1. The summed E-state index contributed by atoms with van der Waals surface area (Å²) in [6, 6.07) is 4.50. The lowest BCUT2D eigenvalue weighted by Gasteiger charge is -2.33. The lowest BCUT2D eigenvalue weighted by Crippen LogP contribution is -2.48. The number of piperidine rings is 1. The van der Waals surface area contributed by atoms with Gasteiger partial charge in [0.25, 0.3) is 0 Å². The van der Waals surface area contributed by atoms with E-state index in [-0.39, 0.29) is 0 Å². The molecule has 1 fully saturated rings. The van der Waals surface area contributed by atoms with E-state index in [2.05, 4.69) is 32.4 Å². The van der Waals surface area contributed by atoms with E-state index in [1.165, 1.54) is 17.0 Å². The Labute approximate surface area is 175 Å². The van der Waals surface area contributed by atoms with Gasteiger partial charge in [0.15, 0.2) is 17.6 Å². The maximum absolute atomic E-state index is 13.4. The van der Waals surface area contributed by atoms with Crippen molar-refractivity contribution in [2.75, 3.05) is 26.7 Å². The molecule has 2 N–H and O–H groups in total. The molecule has 5 nitrogen and oxygen atoms in total. The van der Waals surface area contributed by atoms with Crippen LogP contribution in [0.3, 0.4) is 0 Å². The van der Waals surface area contributed by atoms with Gasteiger partial charge in [-0.1, -0.05) is 13.0 Å². The van der Waals surface area contributed by atoms with Crippen LogP contribution in [0.5, 0.6) is 0 Å². The lowest BCUT2D eigenvalue weighted by molar-refractivity contribution is 0.198. The smallest absolute Gasteiger partial charge is 0.191 e. The van der Waals surface area contributed by atoms with Gasteiger partial charge in [-0.15, -0.1) is 11.3 Å². The van der Waals surface area contributed by atoms with Gasteiger partial charge in [0.05, 0.1) is 5.01 Å². The number of hydrogen-bond acceptors (Lipinski definition) is 4. The molecule has 1 aromatic carbocycles. The van der Waals surface area contributed by atoms with Crippen molar-refractivity contribution in [2.24, 2.45) is 4.99 Å². The number of rotatable bonds is 7. The largest absolute Gasteiger partial charge is 0.356 e. The van der Waals surface area contributed by atoms with Crippen molar-refractivity contribution < 1.29 is 8.78 Å². The van der Waals surface area contributed by atoms with Crippen LogP contribution in [0.25, 0.3) is 0 Å². The number of guanidine groups is 1. The van der Waals surface area contributed by atoms with Crippen molar-refractivity contribution in [3.8, 4) is 0 Å². The summed E-state index contributed by atoms with van der Waals surface area (Å²) < 4.78 is 26.4. The van der Waals surface area contributed by atoms with Gasteiger partial charge < -0.3 is 10.6 Å². The summed E-state index contributed by atoms with van der Waals surface area (Å²) in [6.07, 6.45) is 5.84. The van der Waals surface area contributed by atoms with Gasteiger partial charge in [-0.3, -0.25) is 9.89 Å². The van der Waals surface area contributed by atoms with Crippen molar-refractivity contribution in [3.63, 3.8) is 0 Å². The number of aromatic nitrogens is 1. The molecule has 1 aliphatic heterocycles. The van der Waals surface area contributed by atoms with Crippen LogP contribution in [0.1, 0.15) is 35.2 Å². The minimum Gasteiger partial charge on any atom is -0.356 e. The summed E-state index contributed by atoms with van der Waals surface area (Å²) in [7, 11) is 1.78. The van der Waals surface area contributed by atoms with Gasteiger partial charge in [-0.05, 0) is 37.0 Å². The number of halogens is 2. The number of nitrogens with one attached hydrogen (secondary N) is 2. The van der Waals surface area contributed by atoms with Gasteiger partial charge in [-0.2, -0.15) is 0 Å². The number of aryl methyl sites for hydroxylation is 1. The molecule has 1 aromatic heterocycles. The monoisotopic (exact) mass is 421 g/mol. The standard InChI is InChI=1S/C21H29F2N5S/c1-3-17-13-26-20(29-17)6-9-25-21(24-2)27-16-7-10-28(11-8-16)14-15-4-5-18(22)19(23)12-15/h4-5,12-13,16H,3,6-11,14H2,1-2H3,(H2,24,25,27). The predicted octanol–water partition coefficient (Wildman–Crippen LogP) is 3.36. The third kappa shape index (κ3) is 6.47. The summed E-state index contributed by atoms with van der Waals surface area (Å²) in [5, 5.41) is 8.01. The fourth-order valence-corrected chi connectivity index (χ4v) is 4.30. The van der Waals surface area contributed by atoms with E-state index in [9.17, 15) is 8.78 Å². The number of likely N-dealkylation sites (tertiary alicyclic amines) is 1. The van der Waals surface area contributed by atoms with Crippen LogP contribution in [0.15, 0.2) is 29.4 Å². The molecule has 0 aliphatic carbocycles. The summed E-state index contributed by atoms with van der Waals surface area (Å²) >= 11 is 1.77. The van der Waals surface area contributed by atoms with E-state index in [1.54, 1.807) is 24.5 Å². The number of hydrogen-bond donors (Lipinski definition) is 2. The Kier molecular flexibility index (Phi) is 7.94. The van der Waals surface area contributed by atoms with Gasteiger partial charge >= 0.3 is 0 Å². The topological polar surface area (TPSA) is 52.6 Å². The van der Waals surface area contributed by atoms with Crippen molar-refractivity contribution in [1.82, 2.24) is 20.5 Å². The van der Waals surface area contributed by atoms with E-state index >= 15 is 0 Å². The SMILES string of the molecule is CCc1cnc(CCNC(=NC)NC2CCN(Cc3ccc(F)c(F)c3)CC2)s1. The molecule has 0 atom stereocenters. The number of aliphatic imine (C=N–C) groups is 1. The van der Waals surface area contributed by atoms with Crippen molar-refractivity contribution in [3.05, 3.63) is 51.5 Å². The quantitative estimate of drug-likeness (QED) is 0.532. The molecule has 8 heteroatoms. The highest BCUT2D eigenvalue weighted by Crippen LogP contribution is 2.16. The third-order valence-corrected chi connectivity index (χ3v) is 6.32. The van der Waals surface area contributed by atoms with Gasteiger partial charge in [0.1, 0.15) is 0 Å². The zero-order chi connectivity index (χ0) is 20.6. The zero-order valence-electron chi connectivity index (χ0n) is 17.0. The second kappa shape index (κ2) is 10.6. The highest BCUT2D eigenvalue weighted by atomic mass is 32.1. The summed E-state index contributed by atoms with van der Waals surface area (Å²) in [6.45, 7) is 5.40. The Morgan fingerprint density at radius 1 is 1.28 bits per heavy atom. The summed E-state index contributed by atoms with van der Waals surface area (Å²) in [4.78, 5) is 12.4. The first-order valence-electron chi connectivity index (χ1n) is 10.1. The second-order valence-corrected chi connectivity index (χ2v) is 8.47. The second-order valence-electron chi connectivity index (χ2n) is 7.27. The van der Waals surface area contributed by atoms with Crippen LogP contribution < -0.4 is 10.6 Å². The Hall–Kier alpha value is -2.06. The Morgan fingerprint density at radius 3 is 2.72 bits per heavy atom. The van der Waals surface area contributed by atoms with Crippen LogP contribution in [0.2, 0.25) is 0 Å². The van der Waals surface area contributed by atoms with Crippen LogP contribution in [0.4, 0.5) is 8.78 Å². The van der Waals surface area contributed by atoms with Crippen molar-refractivity contribution >= 4 is 17.3 Å². The number of nitrogens with zero attached hydrogens (tertiary/aromatic N) is 3. The predicted molar refractivity (Wildman–Crippen MR) is 114 cm³/mol. The highest BCUT2D eigenvalue weighted by Gasteiger charge is 2.20. The van der Waals surface area contributed by atoms with Crippen LogP contribution in [-0.4, -0.2) is 48.6 Å². The molecule has 0 amide bonds. The molecule has 2 aromatic rings. The molecular formula is C21H29F2N5S. The van der Waals surface area contributed by atoms with E-state index in [0.29, 0.717) is 12.6 Å². The third-order valence-electron chi connectivity index (χ3n) is 5.12. The average Bonchev–Trinajstić information content (AvgIpc) is 3.19. The molecule has 0 spiro atoms. The van der Waals surface area contributed by atoms with Gasteiger partial charge in [0.2, 0.25) is 0 Å². The molecule has 0 bridgehead atoms. The Balaban J connectivity index is 1.38. The first-order valence-corrected chi connectivity index (χ1v) is 11.0. The maximum Gasteiger partial charge on any atom is 0.191 e.